The third kappa shape index (κ3) is 2.11. The van der Waals surface area contributed by atoms with Gasteiger partial charge in [-0.15, -0.1) is 0 Å². The van der Waals surface area contributed by atoms with E-state index in [1.165, 1.54) is 0 Å². The van der Waals surface area contributed by atoms with Crippen molar-refractivity contribution >= 4 is 16.9 Å². The molecular weight excluding hydrogens is 258 g/mol. The van der Waals surface area contributed by atoms with E-state index in [1.807, 2.05) is 12.1 Å². The van der Waals surface area contributed by atoms with Crippen molar-refractivity contribution in [3.05, 3.63) is 30.5 Å². The fourth-order valence-electron chi connectivity index (χ4n) is 1.89. The lowest BCUT2D eigenvalue weighted by molar-refractivity contribution is 0.394. The molecule has 6 heteroatoms. The van der Waals surface area contributed by atoms with Gasteiger partial charge >= 0.3 is 0 Å². The third-order valence-electron chi connectivity index (χ3n) is 2.87. The van der Waals surface area contributed by atoms with E-state index in [1.54, 1.807) is 32.5 Å². The van der Waals surface area contributed by atoms with Crippen LogP contribution in [0.3, 0.4) is 0 Å². The number of anilines is 1. The van der Waals surface area contributed by atoms with Crippen molar-refractivity contribution in [3.63, 3.8) is 0 Å². The molecule has 0 saturated heterocycles. The first-order valence-electron chi connectivity index (χ1n) is 5.95. The number of fused-ring (bicyclic) bond motifs is 1. The van der Waals surface area contributed by atoms with Crippen LogP contribution in [0.5, 0.6) is 11.5 Å². The van der Waals surface area contributed by atoms with Gasteiger partial charge in [-0.05, 0) is 12.1 Å². The Morgan fingerprint density at radius 1 is 1.05 bits per heavy atom. The van der Waals surface area contributed by atoms with Crippen LogP contribution in [0.25, 0.3) is 22.7 Å². The van der Waals surface area contributed by atoms with Crippen LogP contribution >= 0.6 is 0 Å². The van der Waals surface area contributed by atoms with E-state index in [0.717, 1.165) is 5.56 Å². The summed E-state index contributed by atoms with van der Waals surface area (Å²) in [6.45, 7) is 0. The maximum Gasteiger partial charge on any atom is 0.229 e. The summed E-state index contributed by atoms with van der Waals surface area (Å²) in [5.74, 6) is 1.76. The van der Waals surface area contributed by atoms with Gasteiger partial charge in [0, 0.05) is 17.7 Å². The SMILES string of the molecule is COc1cc(OC)cc(-c2nc3ncc(N)cc3o2)c1. The van der Waals surface area contributed by atoms with Crippen LogP contribution in [0.1, 0.15) is 0 Å². The van der Waals surface area contributed by atoms with Crippen LogP contribution in [0.15, 0.2) is 34.9 Å². The summed E-state index contributed by atoms with van der Waals surface area (Å²) in [4.78, 5) is 8.45. The Labute approximate surface area is 115 Å². The van der Waals surface area contributed by atoms with E-state index >= 15 is 0 Å². The second-order valence-corrected chi connectivity index (χ2v) is 4.21. The minimum Gasteiger partial charge on any atom is -0.497 e. The normalized spacial score (nSPS) is 10.7. The average molecular weight is 271 g/mol. The number of pyridine rings is 1. The number of methoxy groups -OCH3 is 2. The number of benzene rings is 1. The molecule has 2 N–H and O–H groups in total. The lowest BCUT2D eigenvalue weighted by Crippen LogP contribution is -1.89. The third-order valence-corrected chi connectivity index (χ3v) is 2.87. The molecule has 0 bridgehead atoms. The molecule has 0 aliphatic heterocycles. The van der Waals surface area contributed by atoms with E-state index in [2.05, 4.69) is 9.97 Å². The van der Waals surface area contributed by atoms with Gasteiger partial charge in [0.05, 0.1) is 26.1 Å². The van der Waals surface area contributed by atoms with Gasteiger partial charge in [0.2, 0.25) is 5.89 Å². The van der Waals surface area contributed by atoms with Crippen molar-refractivity contribution in [1.82, 2.24) is 9.97 Å². The van der Waals surface area contributed by atoms with E-state index in [0.29, 0.717) is 34.3 Å². The first kappa shape index (κ1) is 12.3. The molecular formula is C14H13N3O3. The largest absolute Gasteiger partial charge is 0.497 e. The number of nitrogens with two attached hydrogens (primary N) is 1. The molecule has 0 atom stereocenters. The Morgan fingerprint density at radius 2 is 1.75 bits per heavy atom. The van der Waals surface area contributed by atoms with Crippen molar-refractivity contribution in [2.45, 2.75) is 0 Å². The Hall–Kier alpha value is -2.76. The molecule has 102 valence electrons. The standard InChI is InChI=1S/C14H13N3O3/c1-18-10-3-8(4-11(6-10)19-2)14-17-13-12(20-14)5-9(15)7-16-13/h3-7H,15H2,1-2H3. The van der Waals surface area contributed by atoms with E-state index < -0.39 is 0 Å². The molecule has 0 saturated carbocycles. The molecule has 0 aliphatic carbocycles. The van der Waals surface area contributed by atoms with Crippen LogP contribution < -0.4 is 15.2 Å². The number of nitrogens with zero attached hydrogens (tertiary/aromatic N) is 2. The Bertz CT molecular complexity index is 745. The lowest BCUT2D eigenvalue weighted by Gasteiger charge is -2.05. The Kier molecular flexibility index (Phi) is 2.90. The molecule has 2 heterocycles. The summed E-state index contributed by atoms with van der Waals surface area (Å²) in [6, 6.07) is 7.10. The maximum absolute atomic E-state index is 5.67. The van der Waals surface area contributed by atoms with E-state index in [9.17, 15) is 0 Å². The van der Waals surface area contributed by atoms with E-state index in [-0.39, 0.29) is 0 Å². The monoisotopic (exact) mass is 271 g/mol. The predicted molar refractivity (Wildman–Crippen MR) is 74.8 cm³/mol. The van der Waals surface area contributed by atoms with Gasteiger partial charge in [-0.1, -0.05) is 0 Å². The second kappa shape index (κ2) is 4.73. The Morgan fingerprint density at radius 3 is 2.40 bits per heavy atom. The summed E-state index contributed by atoms with van der Waals surface area (Å²) in [5, 5.41) is 0. The summed E-state index contributed by atoms with van der Waals surface area (Å²) < 4.78 is 16.1. The molecule has 20 heavy (non-hydrogen) atoms. The summed E-state index contributed by atoms with van der Waals surface area (Å²) in [5.41, 5.74) is 8.01. The van der Waals surface area contributed by atoms with Crippen molar-refractivity contribution in [2.75, 3.05) is 20.0 Å². The molecule has 2 aromatic heterocycles. The summed E-state index contributed by atoms with van der Waals surface area (Å²) in [6.07, 6.45) is 1.54. The van der Waals surface area contributed by atoms with Gasteiger partial charge in [-0.25, -0.2) is 4.98 Å². The number of aromatic nitrogens is 2. The molecule has 3 rings (SSSR count). The molecule has 0 spiro atoms. The zero-order valence-electron chi connectivity index (χ0n) is 11.1. The number of oxazole rings is 1. The number of nitrogen functional groups attached to an aromatic ring is 1. The van der Waals surface area contributed by atoms with Gasteiger partial charge in [-0.3, -0.25) is 0 Å². The maximum atomic E-state index is 5.67. The second-order valence-electron chi connectivity index (χ2n) is 4.21. The highest BCUT2D eigenvalue weighted by Gasteiger charge is 2.12. The van der Waals surface area contributed by atoms with Crippen molar-refractivity contribution in [3.8, 4) is 23.0 Å². The smallest absolute Gasteiger partial charge is 0.229 e. The van der Waals surface area contributed by atoms with Gasteiger partial charge < -0.3 is 19.6 Å². The molecule has 0 aliphatic rings. The molecule has 0 fully saturated rings. The van der Waals surface area contributed by atoms with Gasteiger partial charge in [0.1, 0.15) is 11.5 Å². The van der Waals surface area contributed by atoms with Gasteiger partial charge in [0.15, 0.2) is 11.2 Å². The van der Waals surface area contributed by atoms with Gasteiger partial charge in [0.25, 0.3) is 0 Å². The summed E-state index contributed by atoms with van der Waals surface area (Å²) >= 11 is 0. The highest BCUT2D eigenvalue weighted by Crippen LogP contribution is 2.31. The summed E-state index contributed by atoms with van der Waals surface area (Å²) in [7, 11) is 3.18. The minimum absolute atomic E-state index is 0.440. The number of hydrogen-bond acceptors (Lipinski definition) is 6. The first-order chi connectivity index (χ1) is 9.69. The zero-order chi connectivity index (χ0) is 14.1. The Balaban J connectivity index is 2.14. The van der Waals surface area contributed by atoms with E-state index in [4.69, 9.17) is 19.6 Å². The highest BCUT2D eigenvalue weighted by atomic mass is 16.5. The number of rotatable bonds is 3. The molecule has 3 aromatic rings. The molecule has 0 amide bonds. The molecule has 1 aromatic carbocycles. The minimum atomic E-state index is 0.440. The molecule has 0 radical (unpaired) electrons. The molecule has 0 unspecified atom stereocenters. The van der Waals surface area contributed by atoms with Crippen molar-refractivity contribution < 1.29 is 13.9 Å². The predicted octanol–water partition coefficient (Wildman–Crippen LogP) is 2.49. The van der Waals surface area contributed by atoms with Crippen molar-refractivity contribution in [1.29, 1.82) is 0 Å². The fourth-order valence-corrected chi connectivity index (χ4v) is 1.89. The average Bonchev–Trinajstić information content (AvgIpc) is 2.89. The lowest BCUT2D eigenvalue weighted by atomic mass is 10.2. The van der Waals surface area contributed by atoms with Crippen LogP contribution in [-0.2, 0) is 0 Å². The van der Waals surface area contributed by atoms with Gasteiger partial charge in [-0.2, -0.15) is 4.98 Å². The number of ether oxygens (including phenoxy) is 2. The van der Waals surface area contributed by atoms with Crippen LogP contribution in [-0.4, -0.2) is 24.2 Å². The van der Waals surface area contributed by atoms with Crippen molar-refractivity contribution in [2.24, 2.45) is 0 Å². The van der Waals surface area contributed by atoms with Crippen LogP contribution in [0, 0.1) is 0 Å². The highest BCUT2D eigenvalue weighted by molar-refractivity contribution is 5.75. The van der Waals surface area contributed by atoms with Crippen LogP contribution in [0.4, 0.5) is 5.69 Å². The first-order valence-corrected chi connectivity index (χ1v) is 5.95. The fraction of sp³-hybridized carbons (Fsp3) is 0.143. The molecule has 6 nitrogen and oxygen atoms in total. The topological polar surface area (TPSA) is 83.4 Å². The zero-order valence-corrected chi connectivity index (χ0v) is 11.1. The quantitative estimate of drug-likeness (QED) is 0.788. The van der Waals surface area contributed by atoms with Crippen LogP contribution in [0.2, 0.25) is 0 Å². The number of hydrogen-bond donors (Lipinski definition) is 1.